The zero-order valence-corrected chi connectivity index (χ0v) is 22.0. The number of carboxylic acid groups (broad SMARTS) is 1. The molecule has 0 radical (unpaired) electrons. The molecule has 7 nitrogen and oxygen atoms in total. The van der Waals surface area contributed by atoms with Gasteiger partial charge in [0.05, 0.1) is 23.8 Å². The number of carbonyl (C=O) groups is 5. The van der Waals surface area contributed by atoms with E-state index in [4.69, 9.17) is 5.11 Å². The number of likely N-dealkylation sites (tertiary alicyclic amines) is 1. The summed E-state index contributed by atoms with van der Waals surface area (Å²) in [5, 5.41) is 9.12. The molecule has 6 rings (SSSR count). The Labute approximate surface area is 233 Å². The first-order valence-corrected chi connectivity index (χ1v) is 13.5. The average Bonchev–Trinajstić information content (AvgIpc) is 3.18. The molecule has 1 heterocycles. The van der Waals surface area contributed by atoms with Gasteiger partial charge in [0, 0.05) is 34.9 Å². The highest BCUT2D eigenvalue weighted by atomic mass is 19.4. The first-order valence-electron chi connectivity index (χ1n) is 13.5. The van der Waals surface area contributed by atoms with E-state index in [-0.39, 0.29) is 42.1 Å². The fourth-order valence-corrected chi connectivity index (χ4v) is 7.62. The summed E-state index contributed by atoms with van der Waals surface area (Å²) in [5.74, 6) is -6.63. The Bertz CT molecular complexity index is 1540. The van der Waals surface area contributed by atoms with Crippen molar-refractivity contribution in [2.24, 2.45) is 29.1 Å². The van der Waals surface area contributed by atoms with Crippen LogP contribution in [0.15, 0.2) is 60.2 Å². The van der Waals surface area contributed by atoms with Crippen LogP contribution in [0.4, 0.5) is 13.2 Å². The van der Waals surface area contributed by atoms with Crippen molar-refractivity contribution in [3.63, 3.8) is 0 Å². The van der Waals surface area contributed by atoms with Crippen LogP contribution in [0.5, 0.6) is 0 Å². The Kier molecular flexibility index (Phi) is 6.10. The maximum atomic E-state index is 14.1. The van der Waals surface area contributed by atoms with Gasteiger partial charge in [-0.3, -0.25) is 28.9 Å². The van der Waals surface area contributed by atoms with Gasteiger partial charge < -0.3 is 5.11 Å². The van der Waals surface area contributed by atoms with Crippen LogP contribution in [-0.2, 0) is 20.6 Å². The van der Waals surface area contributed by atoms with E-state index < -0.39 is 70.9 Å². The van der Waals surface area contributed by atoms with Crippen molar-refractivity contribution >= 4 is 29.4 Å². The number of carbonyl (C=O) groups excluding carboxylic acids is 4. The normalized spacial score (nSPS) is 30.8. The molecule has 1 N–H and O–H groups in total. The van der Waals surface area contributed by atoms with Gasteiger partial charge in [0.2, 0.25) is 11.8 Å². The third-order valence-electron chi connectivity index (χ3n) is 9.44. The average molecular weight is 566 g/mol. The summed E-state index contributed by atoms with van der Waals surface area (Å²) in [7, 11) is 0. The lowest BCUT2D eigenvalue weighted by Crippen LogP contribution is -2.55. The van der Waals surface area contributed by atoms with Crippen LogP contribution in [0, 0.1) is 29.1 Å². The standard InChI is InChI=1S/C31H26F3NO6/c1-30-14-21-17(10-11-20-24(21)29(41)35(28(20)40)13-12-22(36)37)23(15-6-8-16(9-7-15)31(32,33)34)25(30)26(38)18-4-2-3-5-19(18)27(30)39/h2-10,20-21,23-25H,11-14H2,1H3,(H,36,37)/t20-,21+,23+,24-,25+,30+/m0/s1. The SMILES string of the molecule is C[C@@]12C[C@@H]3C(=CC[C@@H]4C(=O)N(CCC(=O)O)C(=O)[C@@H]43)[C@@H](c3ccc(C(F)(F)F)cc3)[C@@H]1C(=O)c1ccccc1C2=O. The molecule has 0 bridgehead atoms. The summed E-state index contributed by atoms with van der Waals surface area (Å²) in [6.07, 6.45) is -2.89. The molecule has 2 fully saturated rings. The molecule has 2 amide bonds. The van der Waals surface area contributed by atoms with E-state index in [0.717, 1.165) is 17.0 Å². The minimum absolute atomic E-state index is 0.104. The number of carboxylic acids is 1. The Morgan fingerprint density at radius 3 is 2.27 bits per heavy atom. The highest BCUT2D eigenvalue weighted by Gasteiger charge is 2.63. The highest BCUT2D eigenvalue weighted by Crippen LogP contribution is 2.62. The fourth-order valence-electron chi connectivity index (χ4n) is 7.62. The minimum Gasteiger partial charge on any atom is -0.481 e. The molecule has 41 heavy (non-hydrogen) atoms. The van der Waals surface area contributed by atoms with E-state index in [1.165, 1.54) is 12.1 Å². The molecule has 10 heteroatoms. The van der Waals surface area contributed by atoms with Gasteiger partial charge in [0.15, 0.2) is 11.6 Å². The molecule has 1 saturated carbocycles. The maximum absolute atomic E-state index is 14.1. The van der Waals surface area contributed by atoms with Crippen molar-refractivity contribution in [1.29, 1.82) is 0 Å². The van der Waals surface area contributed by atoms with Crippen molar-refractivity contribution in [2.45, 2.75) is 38.3 Å². The van der Waals surface area contributed by atoms with Gasteiger partial charge in [0.1, 0.15) is 0 Å². The van der Waals surface area contributed by atoms with Crippen LogP contribution < -0.4 is 0 Å². The van der Waals surface area contributed by atoms with Gasteiger partial charge in [-0.15, -0.1) is 0 Å². The van der Waals surface area contributed by atoms with Gasteiger partial charge in [-0.05, 0) is 36.5 Å². The van der Waals surface area contributed by atoms with Crippen LogP contribution in [0.2, 0.25) is 0 Å². The number of rotatable bonds is 4. The number of hydrogen-bond donors (Lipinski definition) is 1. The second kappa shape index (κ2) is 9.22. The van der Waals surface area contributed by atoms with Crippen molar-refractivity contribution in [2.75, 3.05) is 6.54 Å². The lowest BCUT2D eigenvalue weighted by molar-refractivity contribution is -0.142. The molecule has 6 atom stereocenters. The number of benzene rings is 2. The molecule has 0 spiro atoms. The molecular formula is C31H26F3NO6. The molecule has 4 aliphatic rings. The number of alkyl halides is 3. The van der Waals surface area contributed by atoms with Gasteiger partial charge >= 0.3 is 12.1 Å². The monoisotopic (exact) mass is 565 g/mol. The van der Waals surface area contributed by atoms with Gasteiger partial charge in [-0.25, -0.2) is 0 Å². The van der Waals surface area contributed by atoms with Crippen molar-refractivity contribution in [1.82, 2.24) is 4.90 Å². The molecular weight excluding hydrogens is 539 g/mol. The van der Waals surface area contributed by atoms with Crippen molar-refractivity contribution < 1.29 is 42.3 Å². The first-order chi connectivity index (χ1) is 19.3. The van der Waals surface area contributed by atoms with Crippen LogP contribution >= 0.6 is 0 Å². The molecule has 1 saturated heterocycles. The summed E-state index contributed by atoms with van der Waals surface area (Å²) in [6, 6.07) is 11.0. The molecule has 2 aromatic rings. The van der Waals surface area contributed by atoms with E-state index in [9.17, 15) is 37.1 Å². The number of imide groups is 1. The number of fused-ring (bicyclic) bond motifs is 5. The van der Waals surface area contributed by atoms with Gasteiger partial charge in [-0.2, -0.15) is 13.2 Å². The molecule has 2 aromatic carbocycles. The maximum Gasteiger partial charge on any atom is 0.416 e. The molecule has 0 aromatic heterocycles. The van der Waals surface area contributed by atoms with Crippen LogP contribution in [0.3, 0.4) is 0 Å². The van der Waals surface area contributed by atoms with E-state index in [1.807, 2.05) is 0 Å². The second-order valence-electron chi connectivity index (χ2n) is 11.6. The van der Waals surface area contributed by atoms with Gasteiger partial charge in [-0.1, -0.05) is 55.0 Å². The number of nitrogens with zero attached hydrogens (tertiary/aromatic N) is 1. The summed E-state index contributed by atoms with van der Waals surface area (Å²) in [4.78, 5) is 67.2. The third-order valence-corrected chi connectivity index (χ3v) is 9.44. The second-order valence-corrected chi connectivity index (χ2v) is 11.6. The highest BCUT2D eigenvalue weighted by molar-refractivity contribution is 6.18. The lowest BCUT2D eigenvalue weighted by atomic mass is 9.47. The van der Waals surface area contributed by atoms with Gasteiger partial charge in [0.25, 0.3) is 0 Å². The molecule has 1 aliphatic heterocycles. The lowest BCUT2D eigenvalue weighted by Gasteiger charge is -2.53. The molecule has 0 unspecified atom stereocenters. The van der Waals surface area contributed by atoms with Crippen LogP contribution in [0.25, 0.3) is 0 Å². The predicted molar refractivity (Wildman–Crippen MR) is 138 cm³/mol. The quantitative estimate of drug-likeness (QED) is 0.417. The molecule has 212 valence electrons. The Morgan fingerprint density at radius 1 is 0.976 bits per heavy atom. The fraction of sp³-hybridized carbons (Fsp3) is 0.387. The smallest absolute Gasteiger partial charge is 0.416 e. The third kappa shape index (κ3) is 3.98. The largest absolute Gasteiger partial charge is 0.481 e. The number of ketones is 2. The molecule has 3 aliphatic carbocycles. The number of amides is 2. The number of allylic oxidation sites excluding steroid dienone is 2. The topological polar surface area (TPSA) is 109 Å². The van der Waals surface area contributed by atoms with Crippen molar-refractivity contribution in [3.8, 4) is 0 Å². The summed E-state index contributed by atoms with van der Waals surface area (Å²) in [6.45, 7) is 1.41. The number of Topliss-reactive ketones (excluding diaryl/α,β-unsaturated/α-hetero) is 2. The van der Waals surface area contributed by atoms with E-state index in [2.05, 4.69) is 0 Å². The summed E-state index contributed by atoms with van der Waals surface area (Å²) < 4.78 is 40.2. The zero-order valence-electron chi connectivity index (χ0n) is 22.0. The van der Waals surface area contributed by atoms with E-state index in [0.29, 0.717) is 11.1 Å². The predicted octanol–water partition coefficient (Wildman–Crippen LogP) is 4.92. The minimum atomic E-state index is -4.56. The summed E-state index contributed by atoms with van der Waals surface area (Å²) in [5.41, 5.74) is -0.536. The number of halogens is 3. The van der Waals surface area contributed by atoms with E-state index in [1.54, 1.807) is 37.3 Å². The Morgan fingerprint density at radius 2 is 1.63 bits per heavy atom. The summed E-state index contributed by atoms with van der Waals surface area (Å²) >= 11 is 0. The first kappa shape index (κ1) is 27.1. The number of hydrogen-bond acceptors (Lipinski definition) is 5. The van der Waals surface area contributed by atoms with Crippen LogP contribution in [0.1, 0.15) is 63.9 Å². The number of aliphatic carboxylic acids is 1. The van der Waals surface area contributed by atoms with Crippen molar-refractivity contribution in [3.05, 3.63) is 82.4 Å². The Balaban J connectivity index is 1.50. The van der Waals surface area contributed by atoms with Crippen LogP contribution in [-0.4, -0.2) is 45.9 Å². The Hall–Kier alpha value is -4.08. The zero-order chi connectivity index (χ0) is 29.4. The van der Waals surface area contributed by atoms with E-state index >= 15 is 0 Å².